The Labute approximate surface area is 183 Å². The van der Waals surface area contributed by atoms with Crippen LogP contribution in [0.2, 0.25) is 5.02 Å². The third-order valence-electron chi connectivity index (χ3n) is 4.36. The summed E-state index contributed by atoms with van der Waals surface area (Å²) >= 11 is 5.73. The van der Waals surface area contributed by atoms with E-state index in [0.717, 1.165) is 12.1 Å². The first-order chi connectivity index (χ1) is 15.0. The number of alkyl halides is 9. The third-order valence-corrected chi connectivity index (χ3v) is 4.62. The van der Waals surface area contributed by atoms with Gasteiger partial charge in [0.05, 0.1) is 16.8 Å². The highest BCUT2D eigenvalue weighted by molar-refractivity contribution is 6.30. The van der Waals surface area contributed by atoms with Crippen molar-refractivity contribution in [3.05, 3.63) is 74.7 Å². The van der Waals surface area contributed by atoms with Crippen LogP contribution >= 0.6 is 11.6 Å². The van der Waals surface area contributed by atoms with E-state index < -0.39 is 58.0 Å². The molecule has 0 atom stereocenters. The quantitative estimate of drug-likeness (QED) is 0.426. The highest BCUT2D eigenvalue weighted by Gasteiger charge is 2.41. The van der Waals surface area contributed by atoms with Crippen LogP contribution < -0.4 is 11.3 Å². The lowest BCUT2D eigenvalue weighted by atomic mass is 10.0. The smallest absolute Gasteiger partial charge is 0.392 e. The summed E-state index contributed by atoms with van der Waals surface area (Å²) in [5, 5.41) is 0.117. The van der Waals surface area contributed by atoms with E-state index in [9.17, 15) is 44.3 Å². The predicted octanol–water partition coefficient (Wildman–Crippen LogP) is 6.19. The largest absolute Gasteiger partial charge is 0.435 e. The molecule has 0 saturated carbocycles. The summed E-state index contributed by atoms with van der Waals surface area (Å²) in [4.78, 5) is 15.8. The predicted molar refractivity (Wildman–Crippen MR) is 99.7 cm³/mol. The summed E-state index contributed by atoms with van der Waals surface area (Å²) in [5.41, 5.74) is -4.84. The average Bonchev–Trinajstić information content (AvgIpc) is 2.68. The van der Waals surface area contributed by atoms with Crippen LogP contribution in [0, 0.1) is 0 Å². The summed E-state index contributed by atoms with van der Waals surface area (Å²) in [5.74, 6) is -1.22. The lowest BCUT2D eigenvalue weighted by Crippen LogP contribution is -2.29. The van der Waals surface area contributed by atoms with Crippen LogP contribution in [0.1, 0.15) is 16.8 Å². The summed E-state index contributed by atoms with van der Waals surface area (Å²) in [7, 11) is 0. The van der Waals surface area contributed by atoms with Crippen LogP contribution in [0.4, 0.5) is 45.2 Å². The van der Waals surface area contributed by atoms with Gasteiger partial charge in [-0.3, -0.25) is 9.36 Å². The minimum atomic E-state index is -5.45. The summed E-state index contributed by atoms with van der Waals surface area (Å²) in [6.45, 7) is 0. The molecule has 0 aliphatic rings. The molecule has 1 aromatic heterocycles. The van der Waals surface area contributed by atoms with E-state index >= 15 is 0 Å². The molecule has 3 rings (SSSR count). The van der Waals surface area contributed by atoms with Crippen molar-refractivity contribution in [2.75, 3.05) is 5.73 Å². The standard InChI is InChI=1S/C19H9ClF9N3O/c20-9-2-4-10(5-3-9)32-15(31-14(19(27,28)29)13(30)16(32)33)11-6-1-8(17(21,22)23)7-12(11)18(24,25)26/h1-7H,30H2. The van der Waals surface area contributed by atoms with E-state index in [-0.39, 0.29) is 28.9 Å². The van der Waals surface area contributed by atoms with E-state index in [4.69, 9.17) is 17.3 Å². The number of nitrogens with zero attached hydrogens (tertiary/aromatic N) is 2. The number of aromatic nitrogens is 2. The molecule has 0 radical (unpaired) electrons. The number of rotatable bonds is 2. The molecule has 14 heteroatoms. The van der Waals surface area contributed by atoms with Crippen molar-refractivity contribution >= 4 is 17.3 Å². The molecule has 0 aliphatic heterocycles. The number of anilines is 1. The fraction of sp³-hybridized carbons (Fsp3) is 0.158. The van der Waals surface area contributed by atoms with Gasteiger partial charge in [0, 0.05) is 10.6 Å². The zero-order valence-corrected chi connectivity index (χ0v) is 16.5. The maximum Gasteiger partial charge on any atom is 0.435 e. The first kappa shape index (κ1) is 24.4. The van der Waals surface area contributed by atoms with Crippen LogP contribution in [0.5, 0.6) is 0 Å². The molecule has 4 nitrogen and oxygen atoms in total. The Balaban J connectivity index is 2.49. The van der Waals surface area contributed by atoms with Gasteiger partial charge in [-0.25, -0.2) is 4.98 Å². The Morgan fingerprint density at radius 3 is 1.88 bits per heavy atom. The first-order valence-corrected chi connectivity index (χ1v) is 8.94. The Bertz CT molecular complexity index is 1260. The Morgan fingerprint density at radius 2 is 1.39 bits per heavy atom. The SMILES string of the molecule is Nc1c(C(F)(F)F)nc(-c2ccc(C(F)(F)F)cc2C(F)(F)F)n(-c2ccc(Cl)cc2)c1=O. The number of hydrogen-bond donors (Lipinski definition) is 1. The maximum absolute atomic E-state index is 13.7. The number of nitrogen functional groups attached to an aromatic ring is 1. The van der Waals surface area contributed by atoms with Gasteiger partial charge in [-0.05, 0) is 36.4 Å². The molecule has 1 heterocycles. The lowest BCUT2D eigenvalue weighted by Gasteiger charge is -2.20. The summed E-state index contributed by atoms with van der Waals surface area (Å²) in [6.07, 6.45) is -16.0. The van der Waals surface area contributed by atoms with E-state index in [1.165, 1.54) is 12.1 Å². The molecular weight excluding hydrogens is 493 g/mol. The van der Waals surface area contributed by atoms with Gasteiger partial charge in [-0.2, -0.15) is 39.5 Å². The van der Waals surface area contributed by atoms with Gasteiger partial charge in [0.15, 0.2) is 5.69 Å². The molecule has 2 aromatic carbocycles. The first-order valence-electron chi connectivity index (χ1n) is 8.56. The van der Waals surface area contributed by atoms with Gasteiger partial charge in [-0.1, -0.05) is 17.7 Å². The van der Waals surface area contributed by atoms with Crippen LogP contribution in [0.3, 0.4) is 0 Å². The highest BCUT2D eigenvalue weighted by Crippen LogP contribution is 2.41. The highest BCUT2D eigenvalue weighted by atomic mass is 35.5. The zero-order chi connectivity index (χ0) is 24.9. The van der Waals surface area contributed by atoms with Crippen LogP contribution in [-0.4, -0.2) is 9.55 Å². The molecule has 3 aromatic rings. The van der Waals surface area contributed by atoms with Crippen LogP contribution in [0.15, 0.2) is 47.3 Å². The molecule has 0 spiro atoms. The maximum atomic E-state index is 13.7. The average molecular weight is 502 g/mol. The summed E-state index contributed by atoms with van der Waals surface area (Å²) < 4.78 is 120. The second-order valence-corrected chi connectivity index (χ2v) is 7.00. The zero-order valence-electron chi connectivity index (χ0n) is 15.7. The molecule has 2 N–H and O–H groups in total. The van der Waals surface area contributed by atoms with Crippen molar-refractivity contribution < 1.29 is 39.5 Å². The van der Waals surface area contributed by atoms with Gasteiger partial charge in [-0.15, -0.1) is 0 Å². The minimum Gasteiger partial charge on any atom is -0.392 e. The molecule has 0 fully saturated rings. The molecular formula is C19H9ClF9N3O. The molecule has 33 heavy (non-hydrogen) atoms. The molecule has 0 saturated heterocycles. The Kier molecular flexibility index (Phi) is 5.90. The Hall–Kier alpha value is -3.22. The molecule has 176 valence electrons. The lowest BCUT2D eigenvalue weighted by molar-refractivity contribution is -0.142. The fourth-order valence-corrected chi connectivity index (χ4v) is 3.04. The van der Waals surface area contributed by atoms with Gasteiger partial charge in [0.25, 0.3) is 5.56 Å². The number of benzene rings is 2. The number of halogens is 10. The number of hydrogen-bond acceptors (Lipinski definition) is 3. The van der Waals surface area contributed by atoms with Crippen molar-refractivity contribution in [2.24, 2.45) is 0 Å². The number of nitrogens with two attached hydrogens (primary N) is 1. The van der Waals surface area contributed by atoms with Gasteiger partial charge in [0.2, 0.25) is 0 Å². The van der Waals surface area contributed by atoms with Crippen molar-refractivity contribution in [1.29, 1.82) is 0 Å². The van der Waals surface area contributed by atoms with Gasteiger partial charge in [0.1, 0.15) is 11.5 Å². The second-order valence-electron chi connectivity index (χ2n) is 6.57. The molecule has 0 bridgehead atoms. The van der Waals surface area contributed by atoms with E-state index in [2.05, 4.69) is 4.98 Å². The van der Waals surface area contributed by atoms with Crippen molar-refractivity contribution in [1.82, 2.24) is 9.55 Å². The van der Waals surface area contributed by atoms with Gasteiger partial charge < -0.3 is 5.73 Å². The minimum absolute atomic E-state index is 0.117. The second kappa shape index (κ2) is 7.97. The normalized spacial score (nSPS) is 12.8. The van der Waals surface area contributed by atoms with Gasteiger partial charge >= 0.3 is 18.5 Å². The van der Waals surface area contributed by atoms with Crippen LogP contribution in [0.25, 0.3) is 17.1 Å². The topological polar surface area (TPSA) is 60.9 Å². The van der Waals surface area contributed by atoms with Crippen molar-refractivity contribution in [3.8, 4) is 17.1 Å². The summed E-state index contributed by atoms with van der Waals surface area (Å²) in [6, 6.07) is 4.76. The molecule has 0 aliphatic carbocycles. The molecule has 0 amide bonds. The third kappa shape index (κ3) is 4.77. The van der Waals surface area contributed by atoms with Crippen molar-refractivity contribution in [2.45, 2.75) is 18.5 Å². The van der Waals surface area contributed by atoms with Crippen molar-refractivity contribution in [3.63, 3.8) is 0 Å². The fourth-order valence-electron chi connectivity index (χ4n) is 2.91. The Morgan fingerprint density at radius 1 is 0.818 bits per heavy atom. The molecule has 0 unspecified atom stereocenters. The van der Waals surface area contributed by atoms with E-state index in [1.54, 1.807) is 0 Å². The van der Waals surface area contributed by atoms with E-state index in [1.807, 2.05) is 0 Å². The van der Waals surface area contributed by atoms with Crippen LogP contribution in [-0.2, 0) is 18.5 Å². The van der Waals surface area contributed by atoms with E-state index in [0.29, 0.717) is 4.57 Å². The monoisotopic (exact) mass is 501 g/mol.